The van der Waals surface area contributed by atoms with Crippen LogP contribution in [0.3, 0.4) is 0 Å². The Kier molecular flexibility index (Phi) is 4.44. The Labute approximate surface area is 127 Å². The second kappa shape index (κ2) is 6.48. The monoisotopic (exact) mass is 286 g/mol. The number of nitrogens with two attached hydrogens (primary N) is 1. The molecule has 0 spiro atoms. The third-order valence-corrected chi connectivity index (χ3v) is 4.57. The topological polar surface area (TPSA) is 44.9 Å². The molecule has 4 nitrogen and oxygen atoms in total. The maximum atomic E-state index is 6.00. The minimum absolute atomic E-state index is 0.646. The summed E-state index contributed by atoms with van der Waals surface area (Å²) in [5.41, 5.74) is 9.01. The highest BCUT2D eigenvalue weighted by molar-refractivity contribution is 5.78. The fraction of sp³-hybridized carbons (Fsp3) is 0.588. The highest BCUT2D eigenvalue weighted by atomic mass is 15.3. The summed E-state index contributed by atoms with van der Waals surface area (Å²) in [6.45, 7) is 4.19. The van der Waals surface area contributed by atoms with Gasteiger partial charge in [-0.1, -0.05) is 24.3 Å². The van der Waals surface area contributed by atoms with Gasteiger partial charge in [-0.3, -0.25) is 9.89 Å². The van der Waals surface area contributed by atoms with E-state index in [0.717, 1.165) is 32.6 Å². The zero-order chi connectivity index (χ0) is 14.7. The molecule has 0 aromatic heterocycles. The fourth-order valence-corrected chi connectivity index (χ4v) is 2.99. The van der Waals surface area contributed by atoms with Crippen molar-refractivity contribution in [2.45, 2.75) is 38.3 Å². The van der Waals surface area contributed by atoms with Crippen molar-refractivity contribution in [3.05, 3.63) is 35.4 Å². The number of benzene rings is 1. The molecule has 2 N–H and O–H groups in total. The van der Waals surface area contributed by atoms with E-state index in [9.17, 15) is 0 Å². The molecule has 1 aliphatic carbocycles. The maximum absolute atomic E-state index is 6.00. The Balaban J connectivity index is 1.41. The lowest BCUT2D eigenvalue weighted by atomic mass is 10.00. The molecule has 1 fully saturated rings. The van der Waals surface area contributed by atoms with Gasteiger partial charge in [0.1, 0.15) is 0 Å². The first-order chi connectivity index (χ1) is 10.2. The second-order valence-electron chi connectivity index (χ2n) is 6.23. The van der Waals surface area contributed by atoms with E-state index in [4.69, 9.17) is 5.73 Å². The smallest absolute Gasteiger partial charge is 0.191 e. The fourth-order valence-electron chi connectivity index (χ4n) is 2.99. The van der Waals surface area contributed by atoms with E-state index in [1.54, 1.807) is 0 Å². The van der Waals surface area contributed by atoms with E-state index in [2.05, 4.69) is 46.1 Å². The van der Waals surface area contributed by atoms with Gasteiger partial charge in [0.25, 0.3) is 0 Å². The van der Waals surface area contributed by atoms with Gasteiger partial charge in [-0.15, -0.1) is 0 Å². The summed E-state index contributed by atoms with van der Waals surface area (Å²) >= 11 is 0. The Hall–Kier alpha value is -1.55. The third kappa shape index (κ3) is 3.76. The molecule has 2 aliphatic rings. The largest absolute Gasteiger partial charge is 0.370 e. The van der Waals surface area contributed by atoms with Crippen LogP contribution in [0.2, 0.25) is 0 Å². The first kappa shape index (κ1) is 14.4. The van der Waals surface area contributed by atoms with Crippen molar-refractivity contribution in [3.8, 4) is 0 Å². The molecule has 1 aromatic rings. The predicted octanol–water partition coefficient (Wildman–Crippen LogP) is 1.84. The summed E-state index contributed by atoms with van der Waals surface area (Å²) in [6.07, 6.45) is 4.78. The van der Waals surface area contributed by atoms with Gasteiger partial charge in [0.05, 0.1) is 0 Å². The van der Waals surface area contributed by atoms with Gasteiger partial charge in [-0.05, 0) is 36.8 Å². The standard InChI is InChI=1S/C17H26N4/c1-20(16-7-8-16)17(18)19-10-4-11-21-12-9-14-5-2-3-6-15(14)13-21/h2-3,5-6,16H,4,7-13H2,1H3,(H2,18,19). The molecule has 1 aromatic carbocycles. The highest BCUT2D eigenvalue weighted by Crippen LogP contribution is 2.24. The van der Waals surface area contributed by atoms with Gasteiger partial charge >= 0.3 is 0 Å². The van der Waals surface area contributed by atoms with Gasteiger partial charge < -0.3 is 10.6 Å². The van der Waals surface area contributed by atoms with Crippen molar-refractivity contribution in [2.75, 3.05) is 26.7 Å². The van der Waals surface area contributed by atoms with Crippen molar-refractivity contribution in [1.82, 2.24) is 9.80 Å². The minimum atomic E-state index is 0.646. The molecule has 21 heavy (non-hydrogen) atoms. The summed E-state index contributed by atoms with van der Waals surface area (Å²) < 4.78 is 0. The first-order valence-electron chi connectivity index (χ1n) is 8.06. The van der Waals surface area contributed by atoms with Crippen LogP contribution >= 0.6 is 0 Å². The van der Waals surface area contributed by atoms with Gasteiger partial charge in [0.15, 0.2) is 5.96 Å². The van der Waals surface area contributed by atoms with Crippen LogP contribution < -0.4 is 5.73 Å². The van der Waals surface area contributed by atoms with E-state index >= 15 is 0 Å². The molecule has 4 heteroatoms. The number of hydrogen-bond donors (Lipinski definition) is 1. The van der Waals surface area contributed by atoms with Crippen molar-refractivity contribution >= 4 is 5.96 Å². The zero-order valence-electron chi connectivity index (χ0n) is 13.0. The molecule has 0 bridgehead atoms. The van der Waals surface area contributed by atoms with Crippen LogP contribution in [-0.4, -0.2) is 48.5 Å². The SMILES string of the molecule is CN(C(N)=NCCCN1CCc2ccccc2C1)C1CC1. The van der Waals surface area contributed by atoms with E-state index in [-0.39, 0.29) is 0 Å². The predicted molar refractivity (Wildman–Crippen MR) is 87.3 cm³/mol. The number of rotatable bonds is 5. The molecule has 3 rings (SSSR count). The Morgan fingerprint density at radius 2 is 2.10 bits per heavy atom. The van der Waals surface area contributed by atoms with Crippen LogP contribution in [0.4, 0.5) is 0 Å². The molecule has 0 amide bonds. The van der Waals surface area contributed by atoms with Crippen molar-refractivity contribution in [1.29, 1.82) is 0 Å². The minimum Gasteiger partial charge on any atom is -0.370 e. The summed E-state index contributed by atoms with van der Waals surface area (Å²) in [7, 11) is 2.05. The Morgan fingerprint density at radius 3 is 2.86 bits per heavy atom. The number of fused-ring (bicyclic) bond motifs is 1. The van der Waals surface area contributed by atoms with E-state index < -0.39 is 0 Å². The summed E-state index contributed by atoms with van der Waals surface area (Å²) in [5.74, 6) is 0.710. The molecule has 0 saturated heterocycles. The van der Waals surface area contributed by atoms with Crippen molar-refractivity contribution in [3.63, 3.8) is 0 Å². The first-order valence-corrected chi connectivity index (χ1v) is 8.06. The normalized spacial score (nSPS) is 19.4. The van der Waals surface area contributed by atoms with Crippen LogP contribution in [0.15, 0.2) is 29.3 Å². The van der Waals surface area contributed by atoms with Gasteiger partial charge in [-0.25, -0.2) is 0 Å². The molecule has 0 radical (unpaired) electrons. The number of hydrogen-bond acceptors (Lipinski definition) is 2. The van der Waals surface area contributed by atoms with Crippen LogP contribution in [0.1, 0.15) is 30.4 Å². The van der Waals surface area contributed by atoms with E-state index in [1.165, 1.54) is 30.4 Å². The Morgan fingerprint density at radius 1 is 1.33 bits per heavy atom. The van der Waals surface area contributed by atoms with Gasteiger partial charge in [0.2, 0.25) is 0 Å². The summed E-state index contributed by atoms with van der Waals surface area (Å²) in [4.78, 5) is 9.16. The lowest BCUT2D eigenvalue weighted by Crippen LogP contribution is -2.36. The Bertz CT molecular complexity index is 507. The average molecular weight is 286 g/mol. The lowest BCUT2D eigenvalue weighted by Gasteiger charge is -2.28. The number of guanidine groups is 1. The van der Waals surface area contributed by atoms with Gasteiger partial charge in [0, 0.05) is 39.3 Å². The molecule has 0 unspecified atom stereocenters. The number of nitrogens with zero attached hydrogens (tertiary/aromatic N) is 3. The lowest BCUT2D eigenvalue weighted by molar-refractivity contribution is 0.252. The molecule has 114 valence electrons. The molecular weight excluding hydrogens is 260 g/mol. The zero-order valence-corrected chi connectivity index (χ0v) is 13.0. The van der Waals surface area contributed by atoms with Crippen LogP contribution in [0.5, 0.6) is 0 Å². The molecule has 1 saturated carbocycles. The highest BCUT2D eigenvalue weighted by Gasteiger charge is 2.27. The quantitative estimate of drug-likeness (QED) is 0.510. The third-order valence-electron chi connectivity index (χ3n) is 4.57. The second-order valence-corrected chi connectivity index (χ2v) is 6.23. The van der Waals surface area contributed by atoms with Gasteiger partial charge in [-0.2, -0.15) is 0 Å². The molecule has 1 heterocycles. The maximum Gasteiger partial charge on any atom is 0.191 e. The van der Waals surface area contributed by atoms with E-state index in [1.807, 2.05) is 0 Å². The van der Waals surface area contributed by atoms with E-state index in [0.29, 0.717) is 12.0 Å². The number of aliphatic imine (C=N–C) groups is 1. The van der Waals surface area contributed by atoms with Crippen molar-refractivity contribution in [2.24, 2.45) is 10.7 Å². The van der Waals surface area contributed by atoms with Crippen molar-refractivity contribution < 1.29 is 0 Å². The summed E-state index contributed by atoms with van der Waals surface area (Å²) in [6, 6.07) is 9.43. The average Bonchev–Trinajstić information content (AvgIpc) is 3.35. The molecular formula is C17H26N4. The summed E-state index contributed by atoms with van der Waals surface area (Å²) in [5, 5.41) is 0. The van der Waals surface area contributed by atoms with Crippen LogP contribution in [-0.2, 0) is 13.0 Å². The van der Waals surface area contributed by atoms with Crippen LogP contribution in [0, 0.1) is 0 Å². The molecule has 1 aliphatic heterocycles. The van der Waals surface area contributed by atoms with Crippen LogP contribution in [0.25, 0.3) is 0 Å². The molecule has 0 atom stereocenters.